The van der Waals surface area contributed by atoms with E-state index in [2.05, 4.69) is 9.97 Å². The van der Waals surface area contributed by atoms with Gasteiger partial charge in [-0.15, -0.1) is 0 Å². The van der Waals surface area contributed by atoms with Crippen LogP contribution in [0.2, 0.25) is 0 Å². The van der Waals surface area contributed by atoms with Crippen LogP contribution in [0.25, 0.3) is 0 Å². The van der Waals surface area contributed by atoms with Gasteiger partial charge < -0.3 is 15.2 Å². The maximum Gasteiger partial charge on any atom is 0.354 e. The van der Waals surface area contributed by atoms with Gasteiger partial charge in [-0.3, -0.25) is 0 Å². The lowest BCUT2D eigenvalue weighted by atomic mass is 10.7. The van der Waals surface area contributed by atoms with Crippen LogP contribution in [-0.2, 0) is 0 Å². The number of nitro groups is 1. The van der Waals surface area contributed by atoms with Crippen molar-refractivity contribution in [3.63, 3.8) is 0 Å². The Bertz CT molecular complexity index is 312. The predicted molar refractivity (Wildman–Crippen MR) is 47.8 cm³/mol. The Kier molecular flexibility index (Phi) is 3.26. The van der Waals surface area contributed by atoms with Crippen LogP contribution in [0.15, 0.2) is 5.03 Å². The maximum atomic E-state index is 10.5. The zero-order valence-electron chi connectivity index (χ0n) is 6.98. The molecule has 0 aliphatic heterocycles. The summed E-state index contributed by atoms with van der Waals surface area (Å²) in [4.78, 5) is 16.4. The highest BCUT2D eigenvalue weighted by molar-refractivity contribution is 7.99. The van der Waals surface area contributed by atoms with Gasteiger partial charge >= 0.3 is 5.82 Å². The lowest BCUT2D eigenvalue weighted by Gasteiger charge is -1.94. The largest absolute Gasteiger partial charge is 0.396 e. The number of thioether (sulfide) groups is 1. The summed E-state index contributed by atoms with van der Waals surface area (Å²) in [5, 5.41) is 19.3. The highest BCUT2D eigenvalue weighted by Gasteiger charge is 2.17. The molecule has 0 saturated heterocycles. The quantitative estimate of drug-likeness (QED) is 0.427. The standard InChI is InChI=1S/C6H9N3O3S/c1-4-7-5(9(11)12)6(8-4)13-3-2-10/h10H,2-3H2,1H3,(H,7,8). The Hall–Kier alpha value is -1.08. The summed E-state index contributed by atoms with van der Waals surface area (Å²) in [7, 11) is 0. The van der Waals surface area contributed by atoms with Crippen LogP contribution in [-0.4, -0.2) is 32.4 Å². The molecule has 72 valence electrons. The van der Waals surface area contributed by atoms with E-state index in [0.29, 0.717) is 16.6 Å². The van der Waals surface area contributed by atoms with Gasteiger partial charge in [-0.05, 0) is 4.92 Å². The smallest absolute Gasteiger partial charge is 0.354 e. The molecule has 2 N–H and O–H groups in total. The second-order valence-corrected chi connectivity index (χ2v) is 3.39. The first kappa shape index (κ1) is 10.0. The predicted octanol–water partition coefficient (Wildman–Crippen LogP) is 0.711. The van der Waals surface area contributed by atoms with Gasteiger partial charge in [0, 0.05) is 12.7 Å². The Morgan fingerprint density at radius 3 is 3.00 bits per heavy atom. The molecule has 0 fully saturated rings. The third-order valence-corrected chi connectivity index (χ3v) is 2.23. The third kappa shape index (κ3) is 2.43. The fourth-order valence-electron chi connectivity index (χ4n) is 0.825. The number of nitrogens with zero attached hydrogens (tertiary/aromatic N) is 2. The van der Waals surface area contributed by atoms with Crippen molar-refractivity contribution in [2.75, 3.05) is 12.4 Å². The first-order valence-corrected chi connectivity index (χ1v) is 4.58. The van der Waals surface area contributed by atoms with Crippen LogP contribution in [0.3, 0.4) is 0 Å². The summed E-state index contributed by atoms with van der Waals surface area (Å²) in [6.07, 6.45) is 0. The van der Waals surface area contributed by atoms with Crippen molar-refractivity contribution in [1.29, 1.82) is 0 Å². The lowest BCUT2D eigenvalue weighted by Crippen LogP contribution is -1.92. The van der Waals surface area contributed by atoms with Crippen LogP contribution in [0.1, 0.15) is 5.82 Å². The highest BCUT2D eigenvalue weighted by Crippen LogP contribution is 2.25. The fraction of sp³-hybridized carbons (Fsp3) is 0.500. The molecule has 6 nitrogen and oxygen atoms in total. The van der Waals surface area contributed by atoms with Crippen molar-refractivity contribution in [3.05, 3.63) is 15.9 Å². The van der Waals surface area contributed by atoms with Crippen molar-refractivity contribution in [1.82, 2.24) is 9.97 Å². The van der Waals surface area contributed by atoms with Crippen LogP contribution >= 0.6 is 11.8 Å². The first-order chi connectivity index (χ1) is 6.15. The number of aromatic nitrogens is 2. The van der Waals surface area contributed by atoms with Crippen molar-refractivity contribution in [2.24, 2.45) is 0 Å². The van der Waals surface area contributed by atoms with Gasteiger partial charge in [-0.25, -0.2) is 4.98 Å². The van der Waals surface area contributed by atoms with Gasteiger partial charge in [0.25, 0.3) is 0 Å². The minimum Gasteiger partial charge on any atom is -0.396 e. The summed E-state index contributed by atoms with van der Waals surface area (Å²) in [5.41, 5.74) is 0. The molecule has 0 unspecified atom stereocenters. The summed E-state index contributed by atoms with van der Waals surface area (Å²) in [5.74, 6) is 0.814. The molecule has 0 aromatic carbocycles. The Labute approximate surface area is 78.5 Å². The van der Waals surface area contributed by atoms with Gasteiger partial charge in [0.2, 0.25) is 0 Å². The number of nitrogens with one attached hydrogen (secondary N) is 1. The fourth-order valence-corrected chi connectivity index (χ4v) is 1.57. The summed E-state index contributed by atoms with van der Waals surface area (Å²) in [6, 6.07) is 0. The SMILES string of the molecule is Cc1nc(SCCO)c([N+](=O)[O-])[nH]1. The van der Waals surface area contributed by atoms with Gasteiger partial charge in [-0.1, -0.05) is 11.8 Å². The van der Waals surface area contributed by atoms with Crippen molar-refractivity contribution < 1.29 is 10.0 Å². The molecule has 0 spiro atoms. The summed E-state index contributed by atoms with van der Waals surface area (Å²) in [6.45, 7) is 1.63. The molecule has 1 aromatic rings. The first-order valence-electron chi connectivity index (χ1n) is 3.59. The van der Waals surface area contributed by atoms with Crippen molar-refractivity contribution >= 4 is 17.6 Å². The Morgan fingerprint density at radius 1 is 1.77 bits per heavy atom. The molecule has 0 bridgehead atoms. The number of hydrogen-bond acceptors (Lipinski definition) is 5. The molecule has 0 atom stereocenters. The molecular formula is C6H9N3O3S. The zero-order chi connectivity index (χ0) is 9.84. The van der Waals surface area contributed by atoms with Gasteiger partial charge in [-0.2, -0.15) is 4.98 Å². The Morgan fingerprint density at radius 2 is 2.46 bits per heavy atom. The molecule has 0 radical (unpaired) electrons. The molecular weight excluding hydrogens is 194 g/mol. The molecule has 1 aromatic heterocycles. The van der Waals surface area contributed by atoms with E-state index >= 15 is 0 Å². The number of aromatic amines is 1. The van der Waals surface area contributed by atoms with Gasteiger partial charge in [0.05, 0.1) is 6.61 Å². The number of hydrogen-bond donors (Lipinski definition) is 2. The van der Waals surface area contributed by atoms with Gasteiger partial charge in [0.1, 0.15) is 0 Å². The molecule has 0 amide bonds. The lowest BCUT2D eigenvalue weighted by molar-refractivity contribution is -0.392. The highest BCUT2D eigenvalue weighted by atomic mass is 32.2. The monoisotopic (exact) mass is 203 g/mol. The number of H-pyrrole nitrogens is 1. The zero-order valence-corrected chi connectivity index (χ0v) is 7.80. The average molecular weight is 203 g/mol. The topological polar surface area (TPSA) is 92.1 Å². The number of aryl methyl sites for hydroxylation is 1. The van der Waals surface area contributed by atoms with E-state index in [1.807, 2.05) is 0 Å². The number of imidazole rings is 1. The van der Waals surface area contributed by atoms with E-state index < -0.39 is 4.92 Å². The summed E-state index contributed by atoms with van der Waals surface area (Å²) >= 11 is 1.16. The number of rotatable bonds is 4. The third-order valence-electron chi connectivity index (χ3n) is 1.28. The molecule has 0 aliphatic carbocycles. The molecule has 0 aliphatic rings. The molecule has 0 saturated carbocycles. The summed E-state index contributed by atoms with van der Waals surface area (Å²) < 4.78 is 0. The van der Waals surface area contributed by atoms with Crippen LogP contribution in [0.4, 0.5) is 5.82 Å². The Balaban J connectivity index is 2.84. The van der Waals surface area contributed by atoms with E-state index in [4.69, 9.17) is 5.11 Å². The minimum atomic E-state index is -0.514. The molecule has 7 heteroatoms. The molecule has 1 rings (SSSR count). The average Bonchev–Trinajstić information content (AvgIpc) is 2.43. The van der Waals surface area contributed by atoms with Crippen LogP contribution in [0, 0.1) is 17.0 Å². The maximum absolute atomic E-state index is 10.5. The van der Waals surface area contributed by atoms with E-state index in [9.17, 15) is 10.1 Å². The number of aliphatic hydroxyl groups excluding tert-OH is 1. The molecule has 1 heterocycles. The second kappa shape index (κ2) is 4.24. The van der Waals surface area contributed by atoms with E-state index in [0.717, 1.165) is 11.8 Å². The van der Waals surface area contributed by atoms with E-state index in [1.165, 1.54) is 0 Å². The van der Waals surface area contributed by atoms with Gasteiger partial charge in [0.15, 0.2) is 10.9 Å². The normalized spacial score (nSPS) is 10.3. The van der Waals surface area contributed by atoms with Crippen molar-refractivity contribution in [2.45, 2.75) is 11.9 Å². The van der Waals surface area contributed by atoms with E-state index in [-0.39, 0.29) is 12.4 Å². The second-order valence-electron chi connectivity index (χ2n) is 2.31. The van der Waals surface area contributed by atoms with Crippen LogP contribution in [0.5, 0.6) is 0 Å². The molecule has 13 heavy (non-hydrogen) atoms. The van der Waals surface area contributed by atoms with Crippen LogP contribution < -0.4 is 0 Å². The number of aliphatic hydroxyl groups is 1. The van der Waals surface area contributed by atoms with Crippen molar-refractivity contribution in [3.8, 4) is 0 Å². The van der Waals surface area contributed by atoms with E-state index in [1.54, 1.807) is 6.92 Å². The minimum absolute atomic E-state index is 0.0201.